The maximum Gasteiger partial charge on any atom is 0.232 e. The topological polar surface area (TPSA) is 65.6 Å². The molecule has 0 saturated carbocycles. The van der Waals surface area contributed by atoms with Gasteiger partial charge >= 0.3 is 0 Å². The lowest BCUT2D eigenvalue weighted by Crippen LogP contribution is -1.89. The SMILES string of the molecule is Oc1cc(Cc2ccccc2)c(O)n1O. The van der Waals surface area contributed by atoms with Crippen molar-refractivity contribution in [1.82, 2.24) is 4.73 Å². The maximum absolute atomic E-state index is 9.43. The van der Waals surface area contributed by atoms with Crippen molar-refractivity contribution >= 4 is 0 Å². The zero-order chi connectivity index (χ0) is 10.8. The standard InChI is InChI=1S/C11H11NO3/c13-10-7-9(11(14)12(10)15)6-8-4-2-1-3-5-8/h1-5,7,13-15H,6H2. The van der Waals surface area contributed by atoms with E-state index in [-0.39, 0.29) is 11.8 Å². The molecule has 0 aliphatic carbocycles. The van der Waals surface area contributed by atoms with E-state index >= 15 is 0 Å². The molecule has 3 N–H and O–H groups in total. The van der Waals surface area contributed by atoms with E-state index < -0.39 is 0 Å². The van der Waals surface area contributed by atoms with Crippen LogP contribution in [0.15, 0.2) is 36.4 Å². The van der Waals surface area contributed by atoms with Crippen LogP contribution in [0.25, 0.3) is 0 Å². The quantitative estimate of drug-likeness (QED) is 0.654. The van der Waals surface area contributed by atoms with Crippen molar-refractivity contribution in [3.8, 4) is 11.8 Å². The molecule has 1 aromatic heterocycles. The number of aromatic hydroxyl groups is 2. The van der Waals surface area contributed by atoms with Crippen LogP contribution < -0.4 is 0 Å². The van der Waals surface area contributed by atoms with E-state index in [4.69, 9.17) is 10.3 Å². The Morgan fingerprint density at radius 3 is 2.27 bits per heavy atom. The molecule has 0 aliphatic heterocycles. The fourth-order valence-corrected chi connectivity index (χ4v) is 1.47. The average Bonchev–Trinajstić information content (AvgIpc) is 2.48. The van der Waals surface area contributed by atoms with Gasteiger partial charge in [0.1, 0.15) is 0 Å². The monoisotopic (exact) mass is 205 g/mol. The Hall–Kier alpha value is -2.10. The van der Waals surface area contributed by atoms with Crippen LogP contribution in [0.3, 0.4) is 0 Å². The number of nitrogens with zero attached hydrogens (tertiary/aromatic N) is 1. The average molecular weight is 205 g/mol. The molecule has 0 saturated heterocycles. The summed E-state index contributed by atoms with van der Waals surface area (Å²) in [6, 6.07) is 10.8. The zero-order valence-corrected chi connectivity index (χ0v) is 7.96. The maximum atomic E-state index is 9.43. The van der Waals surface area contributed by atoms with Gasteiger partial charge in [-0.2, -0.15) is 0 Å². The lowest BCUT2D eigenvalue weighted by molar-refractivity contribution is 0.130. The van der Waals surface area contributed by atoms with Crippen molar-refractivity contribution in [3.05, 3.63) is 47.5 Å². The molecule has 0 aliphatic rings. The fourth-order valence-electron chi connectivity index (χ4n) is 1.47. The van der Waals surface area contributed by atoms with E-state index in [1.54, 1.807) is 0 Å². The van der Waals surface area contributed by atoms with Gasteiger partial charge in [-0.15, -0.1) is 4.73 Å². The molecule has 15 heavy (non-hydrogen) atoms. The van der Waals surface area contributed by atoms with Gasteiger partial charge in [-0.05, 0) is 5.56 Å². The minimum absolute atomic E-state index is 0.323. The van der Waals surface area contributed by atoms with E-state index in [9.17, 15) is 5.11 Å². The summed E-state index contributed by atoms with van der Waals surface area (Å²) in [6.45, 7) is 0. The Morgan fingerprint density at radius 1 is 1.07 bits per heavy atom. The van der Waals surface area contributed by atoms with E-state index in [2.05, 4.69) is 0 Å². The summed E-state index contributed by atoms with van der Waals surface area (Å²) in [5.41, 5.74) is 1.49. The second-order valence-corrected chi connectivity index (χ2v) is 3.33. The Morgan fingerprint density at radius 2 is 1.73 bits per heavy atom. The fraction of sp³-hybridized carbons (Fsp3) is 0.0909. The van der Waals surface area contributed by atoms with Crippen LogP contribution in [0.5, 0.6) is 11.8 Å². The molecule has 78 valence electrons. The molecule has 0 spiro atoms. The summed E-state index contributed by atoms with van der Waals surface area (Å²) in [6.07, 6.45) is 0.466. The Kier molecular flexibility index (Phi) is 2.25. The van der Waals surface area contributed by atoms with E-state index in [1.165, 1.54) is 6.07 Å². The first-order chi connectivity index (χ1) is 7.18. The highest BCUT2D eigenvalue weighted by atomic mass is 16.5. The first-order valence-electron chi connectivity index (χ1n) is 4.54. The Labute approximate surface area is 86.6 Å². The molecule has 0 amide bonds. The van der Waals surface area contributed by atoms with Crippen LogP contribution in [0, 0.1) is 0 Å². The highest BCUT2D eigenvalue weighted by molar-refractivity contribution is 5.37. The minimum atomic E-state index is -0.363. The van der Waals surface area contributed by atoms with Crippen LogP contribution >= 0.6 is 0 Å². The third kappa shape index (κ3) is 1.74. The van der Waals surface area contributed by atoms with Gasteiger partial charge in [0.15, 0.2) is 0 Å². The second kappa shape index (κ2) is 3.57. The van der Waals surface area contributed by atoms with Crippen LogP contribution in [-0.4, -0.2) is 20.2 Å². The van der Waals surface area contributed by atoms with Crippen molar-refractivity contribution in [2.75, 3.05) is 0 Å². The number of rotatable bonds is 2. The molecule has 2 rings (SSSR count). The summed E-state index contributed by atoms with van der Waals surface area (Å²) >= 11 is 0. The number of hydrogen-bond donors (Lipinski definition) is 3. The van der Waals surface area contributed by atoms with E-state index in [0.717, 1.165) is 5.56 Å². The molecular formula is C11H11NO3. The smallest absolute Gasteiger partial charge is 0.232 e. The lowest BCUT2D eigenvalue weighted by atomic mass is 10.1. The summed E-state index contributed by atoms with van der Waals surface area (Å²) in [4.78, 5) is 0. The van der Waals surface area contributed by atoms with Crippen molar-refractivity contribution in [2.45, 2.75) is 6.42 Å². The zero-order valence-electron chi connectivity index (χ0n) is 7.96. The summed E-state index contributed by atoms with van der Waals surface area (Å²) in [5.74, 6) is -0.685. The molecule has 4 nitrogen and oxygen atoms in total. The van der Waals surface area contributed by atoms with Gasteiger partial charge in [-0.1, -0.05) is 30.3 Å². The number of aromatic nitrogens is 1. The summed E-state index contributed by atoms with van der Waals surface area (Å²) in [5, 5.41) is 27.7. The summed E-state index contributed by atoms with van der Waals surface area (Å²) in [7, 11) is 0. The van der Waals surface area contributed by atoms with E-state index in [0.29, 0.717) is 16.7 Å². The molecule has 2 aromatic rings. The lowest BCUT2D eigenvalue weighted by Gasteiger charge is -1.99. The van der Waals surface area contributed by atoms with Gasteiger partial charge in [-0.3, -0.25) is 0 Å². The third-order valence-corrected chi connectivity index (χ3v) is 2.25. The van der Waals surface area contributed by atoms with Crippen LogP contribution in [0.4, 0.5) is 0 Å². The van der Waals surface area contributed by atoms with Gasteiger partial charge in [0.25, 0.3) is 0 Å². The molecule has 0 radical (unpaired) electrons. The van der Waals surface area contributed by atoms with Gasteiger partial charge < -0.3 is 15.4 Å². The normalized spacial score (nSPS) is 10.4. The molecule has 1 aromatic carbocycles. The first-order valence-corrected chi connectivity index (χ1v) is 4.54. The van der Waals surface area contributed by atoms with Crippen molar-refractivity contribution in [2.24, 2.45) is 0 Å². The molecule has 4 heteroatoms. The second-order valence-electron chi connectivity index (χ2n) is 3.33. The molecule has 0 fully saturated rings. The Bertz CT molecular complexity index is 462. The highest BCUT2D eigenvalue weighted by Crippen LogP contribution is 2.27. The molecule has 0 atom stereocenters. The number of benzene rings is 1. The largest absolute Gasteiger partial charge is 0.492 e. The van der Waals surface area contributed by atoms with Crippen LogP contribution in [-0.2, 0) is 6.42 Å². The van der Waals surface area contributed by atoms with Gasteiger partial charge in [0, 0.05) is 18.1 Å². The van der Waals surface area contributed by atoms with E-state index in [1.807, 2.05) is 30.3 Å². The molecule has 0 bridgehead atoms. The van der Waals surface area contributed by atoms with Crippen molar-refractivity contribution in [1.29, 1.82) is 0 Å². The predicted octanol–water partition coefficient (Wildman–Crippen LogP) is 1.73. The van der Waals surface area contributed by atoms with Crippen LogP contribution in [0.1, 0.15) is 11.1 Å². The Balaban J connectivity index is 2.29. The van der Waals surface area contributed by atoms with Gasteiger partial charge in [0.2, 0.25) is 11.8 Å². The minimum Gasteiger partial charge on any atom is -0.492 e. The highest BCUT2D eigenvalue weighted by Gasteiger charge is 2.12. The van der Waals surface area contributed by atoms with Gasteiger partial charge in [-0.25, -0.2) is 0 Å². The third-order valence-electron chi connectivity index (χ3n) is 2.25. The van der Waals surface area contributed by atoms with Crippen molar-refractivity contribution < 1.29 is 15.4 Å². The van der Waals surface area contributed by atoms with Crippen molar-refractivity contribution in [3.63, 3.8) is 0 Å². The van der Waals surface area contributed by atoms with Crippen LogP contribution in [0.2, 0.25) is 0 Å². The molecular weight excluding hydrogens is 194 g/mol. The summed E-state index contributed by atoms with van der Waals surface area (Å²) < 4.78 is 0.359. The first kappa shape index (κ1) is 9.45. The molecule has 0 unspecified atom stereocenters. The predicted molar refractivity (Wildman–Crippen MR) is 54.2 cm³/mol. The van der Waals surface area contributed by atoms with Gasteiger partial charge in [0.05, 0.1) is 0 Å². The molecule has 1 heterocycles. The number of hydrogen-bond acceptors (Lipinski definition) is 3.